The van der Waals surface area contributed by atoms with Gasteiger partial charge in [-0.15, -0.1) is 0 Å². The lowest BCUT2D eigenvalue weighted by Gasteiger charge is -2.35. The fourth-order valence-corrected chi connectivity index (χ4v) is 7.12. The first-order chi connectivity index (χ1) is 22.3. The van der Waals surface area contributed by atoms with Crippen LogP contribution >= 0.6 is 23.2 Å². The quantitative estimate of drug-likeness (QED) is 0.156. The van der Waals surface area contributed by atoms with Crippen LogP contribution in [-0.2, 0) is 32.6 Å². The predicted octanol–water partition coefficient (Wildman–Crippen LogP) is 7.67. The number of anilines is 1. The molecule has 0 aliphatic rings. The average molecular weight is 695 g/mol. The van der Waals surface area contributed by atoms with Crippen molar-refractivity contribution in [2.45, 2.75) is 71.0 Å². The number of benzene rings is 4. The SMILES string of the molecule is CC[C@@H](C)NC(=O)[C@@H](Cc1ccccc1)N(Cc1ccc(Cl)cc1Cl)C(=O)CN(c1cccc(C)c1C)S(=O)(=O)c1ccc(C)cc1. The molecule has 0 unspecified atom stereocenters. The summed E-state index contributed by atoms with van der Waals surface area (Å²) in [6.07, 6.45) is 0.893. The largest absolute Gasteiger partial charge is 0.352 e. The van der Waals surface area contributed by atoms with Crippen LogP contribution in [0.3, 0.4) is 0 Å². The van der Waals surface area contributed by atoms with Crippen LogP contribution in [0.1, 0.15) is 48.1 Å². The second kappa shape index (κ2) is 15.8. The van der Waals surface area contributed by atoms with Crippen LogP contribution in [-0.4, -0.2) is 43.8 Å². The number of amides is 2. The Morgan fingerprint density at radius 3 is 2.19 bits per heavy atom. The summed E-state index contributed by atoms with van der Waals surface area (Å²) < 4.78 is 29.8. The molecule has 0 aliphatic heterocycles. The molecule has 0 aliphatic carbocycles. The summed E-state index contributed by atoms with van der Waals surface area (Å²) in [6, 6.07) is 25.1. The van der Waals surface area contributed by atoms with Crippen molar-refractivity contribution >= 4 is 50.7 Å². The number of carbonyl (C=O) groups excluding carboxylic acids is 2. The normalized spacial score (nSPS) is 12.7. The Kier molecular flexibility index (Phi) is 12.1. The van der Waals surface area contributed by atoms with E-state index < -0.39 is 28.5 Å². The zero-order valence-electron chi connectivity index (χ0n) is 27.3. The lowest BCUT2D eigenvalue weighted by Crippen LogP contribution is -2.54. The summed E-state index contributed by atoms with van der Waals surface area (Å²) >= 11 is 12.8. The highest BCUT2D eigenvalue weighted by molar-refractivity contribution is 7.92. The minimum Gasteiger partial charge on any atom is -0.352 e. The van der Waals surface area contributed by atoms with E-state index in [4.69, 9.17) is 23.2 Å². The minimum absolute atomic E-state index is 0.0501. The van der Waals surface area contributed by atoms with Crippen LogP contribution in [0.5, 0.6) is 0 Å². The average Bonchev–Trinajstić information content (AvgIpc) is 3.04. The smallest absolute Gasteiger partial charge is 0.264 e. The molecular formula is C37H41Cl2N3O4S. The van der Waals surface area contributed by atoms with Crippen molar-refractivity contribution in [3.05, 3.63) is 129 Å². The second-order valence-electron chi connectivity index (χ2n) is 11.8. The summed E-state index contributed by atoms with van der Waals surface area (Å²) in [7, 11) is -4.21. The maximum absolute atomic E-state index is 14.7. The zero-order chi connectivity index (χ0) is 34.3. The van der Waals surface area contributed by atoms with Crippen LogP contribution in [0.4, 0.5) is 5.69 Å². The number of nitrogens with zero attached hydrogens (tertiary/aromatic N) is 2. The molecular weight excluding hydrogens is 653 g/mol. The van der Waals surface area contributed by atoms with Crippen LogP contribution in [0, 0.1) is 20.8 Å². The topological polar surface area (TPSA) is 86.8 Å². The molecule has 7 nitrogen and oxygen atoms in total. The van der Waals surface area contributed by atoms with Gasteiger partial charge in [0.1, 0.15) is 12.6 Å². The van der Waals surface area contributed by atoms with Gasteiger partial charge in [-0.3, -0.25) is 13.9 Å². The molecule has 4 aromatic carbocycles. The fraction of sp³-hybridized carbons (Fsp3) is 0.297. The first-order valence-corrected chi connectivity index (χ1v) is 17.7. The molecule has 2 amide bonds. The molecule has 4 aromatic rings. The molecule has 0 spiro atoms. The lowest BCUT2D eigenvalue weighted by molar-refractivity contribution is -0.140. The number of sulfonamides is 1. The van der Waals surface area contributed by atoms with Crippen molar-refractivity contribution in [3.63, 3.8) is 0 Å². The first kappa shape index (κ1) is 36.0. The second-order valence-corrected chi connectivity index (χ2v) is 14.5. The Morgan fingerprint density at radius 1 is 0.872 bits per heavy atom. The number of carbonyl (C=O) groups is 2. The van der Waals surface area contributed by atoms with Gasteiger partial charge >= 0.3 is 0 Å². The summed E-state index contributed by atoms with van der Waals surface area (Å²) in [5.41, 5.74) is 4.29. The van der Waals surface area contributed by atoms with Crippen molar-refractivity contribution < 1.29 is 18.0 Å². The van der Waals surface area contributed by atoms with Gasteiger partial charge < -0.3 is 10.2 Å². The molecule has 248 valence electrons. The molecule has 0 bridgehead atoms. The molecule has 0 aromatic heterocycles. The Morgan fingerprint density at radius 2 is 1.55 bits per heavy atom. The molecule has 0 radical (unpaired) electrons. The Labute approximate surface area is 288 Å². The maximum Gasteiger partial charge on any atom is 0.264 e. The van der Waals surface area contributed by atoms with Gasteiger partial charge in [-0.1, -0.05) is 96.4 Å². The molecule has 2 atom stereocenters. The summed E-state index contributed by atoms with van der Waals surface area (Å²) in [5, 5.41) is 3.80. The van der Waals surface area contributed by atoms with E-state index in [1.165, 1.54) is 17.0 Å². The third-order valence-corrected chi connectivity index (χ3v) is 10.7. The van der Waals surface area contributed by atoms with Crippen LogP contribution in [0.25, 0.3) is 0 Å². The predicted molar refractivity (Wildman–Crippen MR) is 190 cm³/mol. The fourth-order valence-electron chi connectivity index (χ4n) is 5.19. The standard InChI is InChI=1S/C37H41Cl2N3O4S/c1-6-27(4)40-37(44)35(21-29-12-8-7-9-13-29)41(23-30-17-18-31(38)22-33(30)39)36(43)24-42(34-14-10-11-26(3)28(34)5)47(45,46)32-19-15-25(2)16-20-32/h7-20,22,27,35H,6,21,23-24H2,1-5H3,(H,40,44)/t27-,35-/m1/s1. The number of nitrogens with one attached hydrogen (secondary N) is 1. The highest BCUT2D eigenvalue weighted by Crippen LogP contribution is 2.30. The van der Waals surface area contributed by atoms with Crippen molar-refractivity contribution in [1.82, 2.24) is 10.2 Å². The van der Waals surface area contributed by atoms with Crippen LogP contribution < -0.4 is 9.62 Å². The van der Waals surface area contributed by atoms with Gasteiger partial charge in [0, 0.05) is 29.1 Å². The van der Waals surface area contributed by atoms with Crippen LogP contribution in [0.2, 0.25) is 10.0 Å². The monoisotopic (exact) mass is 693 g/mol. The Balaban J connectivity index is 1.86. The Bertz CT molecular complexity index is 1820. The summed E-state index contributed by atoms with van der Waals surface area (Å²) in [6.45, 7) is 8.86. The molecule has 47 heavy (non-hydrogen) atoms. The van der Waals surface area contributed by atoms with Gasteiger partial charge in [0.05, 0.1) is 10.6 Å². The number of hydrogen-bond acceptors (Lipinski definition) is 4. The van der Waals surface area contributed by atoms with Gasteiger partial charge in [-0.05, 0) is 86.7 Å². The number of aryl methyl sites for hydroxylation is 2. The molecule has 0 heterocycles. The van der Waals surface area contributed by atoms with Crippen LogP contribution in [0.15, 0.2) is 95.9 Å². The third-order valence-electron chi connectivity index (χ3n) is 8.36. The highest BCUT2D eigenvalue weighted by Gasteiger charge is 2.35. The molecule has 1 N–H and O–H groups in total. The number of rotatable bonds is 13. The van der Waals surface area contributed by atoms with Gasteiger partial charge in [-0.2, -0.15) is 0 Å². The van der Waals surface area contributed by atoms with Crippen molar-refractivity contribution in [2.24, 2.45) is 0 Å². The van der Waals surface area contributed by atoms with E-state index in [9.17, 15) is 18.0 Å². The first-order valence-electron chi connectivity index (χ1n) is 15.5. The molecule has 4 rings (SSSR count). The van der Waals surface area contributed by atoms with E-state index in [1.54, 1.807) is 42.5 Å². The van der Waals surface area contributed by atoms with Gasteiger partial charge in [-0.25, -0.2) is 8.42 Å². The summed E-state index contributed by atoms with van der Waals surface area (Å²) in [4.78, 5) is 30.2. The van der Waals surface area contributed by atoms with Crippen molar-refractivity contribution in [3.8, 4) is 0 Å². The van der Waals surface area contributed by atoms with E-state index in [-0.39, 0.29) is 29.8 Å². The number of hydrogen-bond donors (Lipinski definition) is 1. The minimum atomic E-state index is -4.21. The molecule has 0 saturated carbocycles. The molecule has 0 saturated heterocycles. The highest BCUT2D eigenvalue weighted by atomic mass is 35.5. The summed E-state index contributed by atoms with van der Waals surface area (Å²) in [5.74, 6) is -0.908. The Hall–Kier alpha value is -3.85. The lowest BCUT2D eigenvalue weighted by atomic mass is 10.0. The van der Waals surface area contributed by atoms with Gasteiger partial charge in [0.15, 0.2) is 0 Å². The molecule has 0 fully saturated rings. The zero-order valence-corrected chi connectivity index (χ0v) is 29.7. The van der Waals surface area contributed by atoms with Gasteiger partial charge in [0.25, 0.3) is 10.0 Å². The maximum atomic E-state index is 14.7. The third kappa shape index (κ3) is 8.95. The van der Waals surface area contributed by atoms with Gasteiger partial charge in [0.2, 0.25) is 11.8 Å². The van der Waals surface area contributed by atoms with E-state index in [0.29, 0.717) is 27.7 Å². The van der Waals surface area contributed by atoms with E-state index in [1.807, 2.05) is 71.0 Å². The van der Waals surface area contributed by atoms with Crippen molar-refractivity contribution in [2.75, 3.05) is 10.8 Å². The van der Waals surface area contributed by atoms with Crippen molar-refractivity contribution in [1.29, 1.82) is 0 Å². The van der Waals surface area contributed by atoms with E-state index in [0.717, 1.165) is 26.6 Å². The molecule has 10 heteroatoms. The number of halogens is 2. The van der Waals surface area contributed by atoms with E-state index >= 15 is 0 Å². The van der Waals surface area contributed by atoms with E-state index in [2.05, 4.69) is 5.32 Å².